The van der Waals surface area contributed by atoms with Crippen LogP contribution in [0.5, 0.6) is 0 Å². The quantitative estimate of drug-likeness (QED) is 0.576. The van der Waals surface area contributed by atoms with Gasteiger partial charge in [-0.15, -0.1) is 0 Å². The van der Waals surface area contributed by atoms with Crippen LogP contribution in [0.1, 0.15) is 40.5 Å². The highest BCUT2D eigenvalue weighted by Crippen LogP contribution is 2.43. The maximum absolute atomic E-state index is 3.94. The lowest BCUT2D eigenvalue weighted by Crippen LogP contribution is -3.16. The largest absolute Gasteiger partial charge is 0.320 e. The van der Waals surface area contributed by atoms with Gasteiger partial charge in [0.15, 0.2) is 0 Å². The topological polar surface area (TPSA) is 28.5 Å². The molecule has 0 radical (unpaired) electrons. The fourth-order valence-electron chi connectivity index (χ4n) is 5.15. The van der Waals surface area contributed by atoms with Gasteiger partial charge in [-0.25, -0.2) is 0 Å². The number of quaternary nitrogens is 1. The van der Waals surface area contributed by atoms with E-state index >= 15 is 0 Å². The van der Waals surface area contributed by atoms with Crippen LogP contribution in [0.2, 0.25) is 0 Å². The lowest BCUT2D eigenvalue weighted by atomic mass is 9.69. The lowest BCUT2D eigenvalue weighted by molar-refractivity contribution is -0.920. The van der Waals surface area contributed by atoms with Crippen molar-refractivity contribution < 1.29 is 4.90 Å². The summed E-state index contributed by atoms with van der Waals surface area (Å²) in [5.74, 6) is 1.63. The first-order valence-electron chi connectivity index (χ1n) is 7.74. The number of hydrogen-bond donors (Lipinski definition) is 3. The molecule has 0 saturated carbocycles. The van der Waals surface area contributed by atoms with Crippen molar-refractivity contribution >= 4 is 0 Å². The Kier molecular flexibility index (Phi) is 3.00. The summed E-state index contributed by atoms with van der Waals surface area (Å²) in [5.41, 5.74) is 0.412. The number of rotatable bonds is 0. The molecule has 0 bridgehead atoms. The standard InChI is InChI=1S/C15H29N3/c1-9-12(15(2,3)4)11-13-10(7-6-8-16-13)17-14(11)18(9)5/h9-14,16-17H,6-8H2,1-5H3/p+1. The molecule has 3 heteroatoms. The number of piperidine rings is 1. The average Bonchev–Trinajstić information content (AvgIpc) is 2.76. The van der Waals surface area contributed by atoms with Crippen molar-refractivity contribution in [2.45, 2.75) is 64.8 Å². The Balaban J connectivity index is 1.91. The normalized spacial score (nSPS) is 52.2. The Morgan fingerprint density at radius 1 is 1.22 bits per heavy atom. The van der Waals surface area contributed by atoms with Gasteiger partial charge in [0.05, 0.1) is 19.0 Å². The van der Waals surface area contributed by atoms with Crippen molar-refractivity contribution in [1.29, 1.82) is 0 Å². The van der Waals surface area contributed by atoms with Crippen LogP contribution in [0.4, 0.5) is 0 Å². The van der Waals surface area contributed by atoms with E-state index in [0.717, 1.165) is 23.9 Å². The molecule has 0 aromatic heterocycles. The number of nitrogens with one attached hydrogen (secondary N) is 3. The van der Waals surface area contributed by atoms with E-state index in [2.05, 4.69) is 45.4 Å². The lowest BCUT2D eigenvalue weighted by Gasteiger charge is -2.38. The molecular formula is C15H30N3+. The van der Waals surface area contributed by atoms with Gasteiger partial charge in [0.25, 0.3) is 0 Å². The minimum absolute atomic E-state index is 0.412. The Labute approximate surface area is 112 Å². The zero-order valence-electron chi connectivity index (χ0n) is 12.6. The molecule has 7 atom stereocenters. The van der Waals surface area contributed by atoms with Gasteiger partial charge in [-0.1, -0.05) is 20.8 Å². The Morgan fingerprint density at radius 2 is 1.94 bits per heavy atom. The molecule has 0 amide bonds. The summed E-state index contributed by atoms with van der Waals surface area (Å²) >= 11 is 0. The molecule has 104 valence electrons. The highest BCUT2D eigenvalue weighted by Gasteiger charge is 2.61. The highest BCUT2D eigenvalue weighted by molar-refractivity contribution is 5.07. The van der Waals surface area contributed by atoms with Gasteiger partial charge < -0.3 is 10.2 Å². The molecule has 3 saturated heterocycles. The summed E-state index contributed by atoms with van der Waals surface area (Å²) in [6.07, 6.45) is 3.37. The second-order valence-corrected chi connectivity index (χ2v) is 7.87. The summed E-state index contributed by atoms with van der Waals surface area (Å²) < 4.78 is 0. The van der Waals surface area contributed by atoms with Crippen molar-refractivity contribution in [3.05, 3.63) is 0 Å². The van der Waals surface area contributed by atoms with E-state index in [1.165, 1.54) is 19.4 Å². The van der Waals surface area contributed by atoms with Gasteiger partial charge in [0, 0.05) is 18.0 Å². The molecule has 3 N–H and O–H groups in total. The molecule has 18 heavy (non-hydrogen) atoms. The van der Waals surface area contributed by atoms with E-state index in [0.29, 0.717) is 17.6 Å². The van der Waals surface area contributed by atoms with Gasteiger partial charge in [-0.3, -0.25) is 5.32 Å². The van der Waals surface area contributed by atoms with Crippen LogP contribution in [0.15, 0.2) is 0 Å². The van der Waals surface area contributed by atoms with Gasteiger partial charge in [-0.05, 0) is 31.7 Å². The third kappa shape index (κ3) is 1.75. The van der Waals surface area contributed by atoms with Gasteiger partial charge in [0.1, 0.15) is 6.17 Å². The monoisotopic (exact) mass is 252 g/mol. The third-order valence-corrected chi connectivity index (χ3v) is 5.86. The minimum atomic E-state index is 0.412. The maximum Gasteiger partial charge on any atom is 0.146 e. The summed E-state index contributed by atoms with van der Waals surface area (Å²) in [6, 6.07) is 2.20. The first kappa shape index (κ1) is 12.9. The molecule has 3 aliphatic heterocycles. The fourth-order valence-corrected chi connectivity index (χ4v) is 5.15. The summed E-state index contributed by atoms with van der Waals surface area (Å²) in [4.78, 5) is 1.70. The van der Waals surface area contributed by atoms with Crippen molar-refractivity contribution in [3.8, 4) is 0 Å². The zero-order chi connectivity index (χ0) is 13.1. The first-order valence-corrected chi connectivity index (χ1v) is 7.74. The summed E-state index contributed by atoms with van der Waals surface area (Å²) in [5, 5.41) is 7.76. The van der Waals surface area contributed by atoms with Crippen LogP contribution in [0.25, 0.3) is 0 Å². The predicted molar refractivity (Wildman–Crippen MR) is 74.5 cm³/mol. The van der Waals surface area contributed by atoms with Gasteiger partial charge in [0.2, 0.25) is 0 Å². The maximum atomic E-state index is 3.94. The van der Waals surface area contributed by atoms with Crippen molar-refractivity contribution in [3.63, 3.8) is 0 Å². The molecule has 3 nitrogen and oxygen atoms in total. The molecule has 3 fully saturated rings. The van der Waals surface area contributed by atoms with E-state index in [1.807, 2.05) is 0 Å². The van der Waals surface area contributed by atoms with Crippen molar-refractivity contribution in [1.82, 2.24) is 10.6 Å². The Bertz CT molecular complexity index is 320. The Hall–Kier alpha value is -0.120. The molecule has 3 aliphatic rings. The molecule has 0 aromatic rings. The number of fused-ring (bicyclic) bond motifs is 3. The smallest absolute Gasteiger partial charge is 0.146 e. The fraction of sp³-hybridized carbons (Fsp3) is 1.00. The average molecular weight is 252 g/mol. The second kappa shape index (κ2) is 4.19. The van der Waals surface area contributed by atoms with Gasteiger partial charge >= 0.3 is 0 Å². The van der Waals surface area contributed by atoms with Crippen LogP contribution in [0.3, 0.4) is 0 Å². The van der Waals surface area contributed by atoms with Crippen LogP contribution in [0, 0.1) is 17.3 Å². The van der Waals surface area contributed by atoms with Gasteiger partial charge in [-0.2, -0.15) is 0 Å². The van der Waals surface area contributed by atoms with E-state index < -0.39 is 0 Å². The van der Waals surface area contributed by atoms with Crippen LogP contribution in [-0.4, -0.2) is 37.9 Å². The van der Waals surface area contributed by atoms with E-state index in [-0.39, 0.29) is 0 Å². The summed E-state index contributed by atoms with van der Waals surface area (Å²) in [6.45, 7) is 11.0. The first-order chi connectivity index (χ1) is 8.41. The number of hydrogen-bond acceptors (Lipinski definition) is 2. The molecule has 0 aliphatic carbocycles. The highest BCUT2D eigenvalue weighted by atomic mass is 15.4. The van der Waals surface area contributed by atoms with E-state index in [1.54, 1.807) is 4.90 Å². The molecule has 0 spiro atoms. The molecule has 3 heterocycles. The van der Waals surface area contributed by atoms with Crippen molar-refractivity contribution in [2.24, 2.45) is 17.3 Å². The van der Waals surface area contributed by atoms with Crippen LogP contribution >= 0.6 is 0 Å². The zero-order valence-corrected chi connectivity index (χ0v) is 12.6. The SMILES string of the molecule is CC1C(C(C)(C)C)C2C3NCCCC3NC2[NH+]1C. The van der Waals surface area contributed by atoms with Crippen LogP contribution < -0.4 is 15.5 Å². The second-order valence-electron chi connectivity index (χ2n) is 7.87. The number of likely N-dealkylation sites (tertiary alicyclic amines) is 1. The Morgan fingerprint density at radius 3 is 2.61 bits per heavy atom. The summed E-state index contributed by atoms with van der Waals surface area (Å²) in [7, 11) is 2.39. The van der Waals surface area contributed by atoms with Crippen LogP contribution in [-0.2, 0) is 0 Å². The molecule has 0 aromatic carbocycles. The third-order valence-electron chi connectivity index (χ3n) is 5.86. The molecule has 3 rings (SSSR count). The van der Waals surface area contributed by atoms with Crippen molar-refractivity contribution in [2.75, 3.05) is 13.6 Å². The minimum Gasteiger partial charge on any atom is -0.320 e. The molecule has 7 unspecified atom stereocenters. The van der Waals surface area contributed by atoms with E-state index in [9.17, 15) is 0 Å². The molecular weight excluding hydrogens is 222 g/mol. The van der Waals surface area contributed by atoms with E-state index in [4.69, 9.17) is 0 Å². The predicted octanol–water partition coefficient (Wildman–Crippen LogP) is 0.232.